The third kappa shape index (κ3) is 5.65. The molecule has 0 saturated carbocycles. The van der Waals surface area contributed by atoms with Gasteiger partial charge in [0.1, 0.15) is 0 Å². The number of β-amino-alcohol motifs (C(OH)–C–C–N with tert-alkyl or cyclic N) is 1. The summed E-state index contributed by atoms with van der Waals surface area (Å²) in [4.78, 5) is 4.96. The standard InChI is InChI=1S/C12H25N3O.C2H6/c16-10-9-14-5-7-15(8-6-14)11-12-1-3-13-4-2-12;1-2/h12-13,16H,1-11H2;1-2H3. The van der Waals surface area contributed by atoms with Gasteiger partial charge in [0.2, 0.25) is 0 Å². The Labute approximate surface area is 112 Å². The van der Waals surface area contributed by atoms with Crippen molar-refractivity contribution in [1.82, 2.24) is 15.1 Å². The molecular formula is C14H31N3O. The number of aliphatic hydroxyl groups is 1. The number of hydrogen-bond acceptors (Lipinski definition) is 4. The number of nitrogens with one attached hydrogen (secondary N) is 1. The molecule has 2 fully saturated rings. The Hall–Kier alpha value is -0.160. The van der Waals surface area contributed by atoms with Gasteiger partial charge in [0, 0.05) is 39.3 Å². The third-order valence-corrected chi connectivity index (χ3v) is 3.86. The second-order valence-electron chi connectivity index (χ2n) is 5.06. The minimum absolute atomic E-state index is 0.300. The predicted molar refractivity (Wildman–Crippen MR) is 76.9 cm³/mol. The lowest BCUT2D eigenvalue weighted by Gasteiger charge is -2.37. The van der Waals surface area contributed by atoms with E-state index in [-0.39, 0.29) is 0 Å². The average molecular weight is 257 g/mol. The van der Waals surface area contributed by atoms with E-state index in [1.807, 2.05) is 13.8 Å². The second kappa shape index (κ2) is 9.73. The highest BCUT2D eigenvalue weighted by molar-refractivity contribution is 4.77. The van der Waals surface area contributed by atoms with Gasteiger partial charge in [-0.15, -0.1) is 0 Å². The largest absolute Gasteiger partial charge is 0.395 e. The molecule has 18 heavy (non-hydrogen) atoms. The molecule has 0 unspecified atom stereocenters. The summed E-state index contributed by atoms with van der Waals surface area (Å²) in [6.07, 6.45) is 2.69. The fraction of sp³-hybridized carbons (Fsp3) is 1.00. The van der Waals surface area contributed by atoms with Gasteiger partial charge in [-0.2, -0.15) is 0 Å². The van der Waals surface area contributed by atoms with Crippen molar-refractivity contribution in [1.29, 1.82) is 0 Å². The third-order valence-electron chi connectivity index (χ3n) is 3.86. The minimum Gasteiger partial charge on any atom is -0.395 e. The molecule has 0 radical (unpaired) electrons. The van der Waals surface area contributed by atoms with Crippen molar-refractivity contribution < 1.29 is 5.11 Å². The van der Waals surface area contributed by atoms with Crippen LogP contribution >= 0.6 is 0 Å². The van der Waals surface area contributed by atoms with Crippen LogP contribution in [-0.2, 0) is 0 Å². The molecule has 0 aromatic heterocycles. The number of nitrogens with zero attached hydrogens (tertiary/aromatic N) is 2. The van der Waals surface area contributed by atoms with Gasteiger partial charge in [-0.3, -0.25) is 4.90 Å². The van der Waals surface area contributed by atoms with Crippen molar-refractivity contribution in [2.24, 2.45) is 5.92 Å². The number of rotatable bonds is 4. The molecule has 0 amide bonds. The van der Waals surface area contributed by atoms with Gasteiger partial charge in [-0.05, 0) is 31.8 Å². The first-order valence-corrected chi connectivity index (χ1v) is 7.65. The molecule has 0 aliphatic carbocycles. The molecule has 2 rings (SSSR count). The normalized spacial score (nSPS) is 23.5. The van der Waals surface area contributed by atoms with E-state index in [2.05, 4.69) is 15.1 Å². The highest BCUT2D eigenvalue weighted by atomic mass is 16.3. The van der Waals surface area contributed by atoms with Crippen LogP contribution in [-0.4, -0.2) is 73.9 Å². The Morgan fingerprint density at radius 2 is 1.56 bits per heavy atom. The predicted octanol–water partition coefficient (Wildman–Crippen LogP) is 0.622. The maximum atomic E-state index is 8.88. The zero-order chi connectivity index (χ0) is 13.2. The maximum Gasteiger partial charge on any atom is 0.0558 e. The topological polar surface area (TPSA) is 38.7 Å². The van der Waals surface area contributed by atoms with Gasteiger partial charge in [-0.1, -0.05) is 13.8 Å². The van der Waals surface area contributed by atoms with E-state index < -0.39 is 0 Å². The lowest BCUT2D eigenvalue weighted by Crippen LogP contribution is -2.49. The molecule has 108 valence electrons. The fourth-order valence-corrected chi connectivity index (χ4v) is 2.77. The Morgan fingerprint density at radius 1 is 1.00 bits per heavy atom. The van der Waals surface area contributed by atoms with E-state index in [9.17, 15) is 0 Å². The summed E-state index contributed by atoms with van der Waals surface area (Å²) in [5, 5.41) is 12.3. The van der Waals surface area contributed by atoms with Crippen LogP contribution in [0.15, 0.2) is 0 Å². The van der Waals surface area contributed by atoms with Gasteiger partial charge in [-0.25, -0.2) is 0 Å². The van der Waals surface area contributed by atoms with Crippen molar-refractivity contribution in [2.45, 2.75) is 26.7 Å². The molecule has 2 aliphatic heterocycles. The van der Waals surface area contributed by atoms with E-state index in [0.29, 0.717) is 6.61 Å². The zero-order valence-corrected chi connectivity index (χ0v) is 12.2. The Bertz CT molecular complexity index is 187. The summed E-state index contributed by atoms with van der Waals surface area (Å²) in [6, 6.07) is 0. The molecule has 0 spiro atoms. The summed E-state index contributed by atoms with van der Waals surface area (Å²) >= 11 is 0. The van der Waals surface area contributed by atoms with Gasteiger partial charge in [0.15, 0.2) is 0 Å². The van der Waals surface area contributed by atoms with Crippen LogP contribution in [0.4, 0.5) is 0 Å². The number of piperazine rings is 1. The van der Waals surface area contributed by atoms with Crippen LogP contribution in [0.1, 0.15) is 26.7 Å². The molecular weight excluding hydrogens is 226 g/mol. The molecule has 0 aromatic carbocycles. The van der Waals surface area contributed by atoms with Crippen LogP contribution in [0.25, 0.3) is 0 Å². The van der Waals surface area contributed by atoms with Gasteiger partial charge < -0.3 is 15.3 Å². The Kier molecular flexibility index (Phi) is 8.59. The first-order chi connectivity index (χ1) is 8.88. The lowest BCUT2D eigenvalue weighted by atomic mass is 9.97. The highest BCUT2D eigenvalue weighted by Crippen LogP contribution is 2.14. The number of hydrogen-bond donors (Lipinski definition) is 2. The van der Waals surface area contributed by atoms with Crippen molar-refractivity contribution in [2.75, 3.05) is 59.0 Å². The second-order valence-corrected chi connectivity index (χ2v) is 5.06. The van der Waals surface area contributed by atoms with Gasteiger partial charge in [0.25, 0.3) is 0 Å². The summed E-state index contributed by atoms with van der Waals surface area (Å²) in [6.45, 7) is 13.5. The first-order valence-electron chi connectivity index (χ1n) is 7.65. The molecule has 2 aliphatic rings. The highest BCUT2D eigenvalue weighted by Gasteiger charge is 2.20. The van der Waals surface area contributed by atoms with Crippen LogP contribution in [0.2, 0.25) is 0 Å². The number of piperidine rings is 1. The monoisotopic (exact) mass is 257 g/mol. The first kappa shape index (κ1) is 15.9. The van der Waals surface area contributed by atoms with E-state index in [1.54, 1.807) is 0 Å². The molecule has 4 nitrogen and oxygen atoms in total. The summed E-state index contributed by atoms with van der Waals surface area (Å²) in [5.41, 5.74) is 0. The average Bonchev–Trinajstić information content (AvgIpc) is 2.45. The molecule has 0 bridgehead atoms. The SMILES string of the molecule is CC.OCCN1CCN(CC2CCNCC2)CC1. The molecule has 0 aromatic rings. The summed E-state index contributed by atoms with van der Waals surface area (Å²) < 4.78 is 0. The van der Waals surface area contributed by atoms with Gasteiger partial charge >= 0.3 is 0 Å². The molecule has 2 N–H and O–H groups in total. The Balaban J connectivity index is 0.000000771. The maximum absolute atomic E-state index is 8.88. The van der Waals surface area contributed by atoms with Crippen molar-refractivity contribution in [3.05, 3.63) is 0 Å². The van der Waals surface area contributed by atoms with Crippen LogP contribution < -0.4 is 5.32 Å². The fourth-order valence-electron chi connectivity index (χ4n) is 2.77. The summed E-state index contributed by atoms with van der Waals surface area (Å²) in [5.74, 6) is 0.908. The molecule has 2 saturated heterocycles. The van der Waals surface area contributed by atoms with E-state index in [4.69, 9.17) is 5.11 Å². The minimum atomic E-state index is 0.300. The molecule has 2 heterocycles. The van der Waals surface area contributed by atoms with Crippen LogP contribution in [0.5, 0.6) is 0 Å². The lowest BCUT2D eigenvalue weighted by molar-refractivity contribution is 0.0968. The van der Waals surface area contributed by atoms with Crippen molar-refractivity contribution >= 4 is 0 Å². The summed E-state index contributed by atoms with van der Waals surface area (Å²) in [7, 11) is 0. The number of aliphatic hydroxyl groups excluding tert-OH is 1. The van der Waals surface area contributed by atoms with Crippen molar-refractivity contribution in [3.8, 4) is 0 Å². The smallest absolute Gasteiger partial charge is 0.0558 e. The quantitative estimate of drug-likeness (QED) is 0.774. The van der Waals surface area contributed by atoms with Crippen LogP contribution in [0, 0.1) is 5.92 Å². The molecule has 0 atom stereocenters. The Morgan fingerprint density at radius 3 is 2.11 bits per heavy atom. The van der Waals surface area contributed by atoms with E-state index in [0.717, 1.165) is 25.6 Å². The van der Waals surface area contributed by atoms with E-state index >= 15 is 0 Å². The molecule has 4 heteroatoms. The zero-order valence-electron chi connectivity index (χ0n) is 12.2. The van der Waals surface area contributed by atoms with E-state index in [1.165, 1.54) is 45.6 Å². The van der Waals surface area contributed by atoms with Crippen LogP contribution in [0.3, 0.4) is 0 Å². The van der Waals surface area contributed by atoms with Gasteiger partial charge in [0.05, 0.1) is 6.61 Å². The van der Waals surface area contributed by atoms with Crippen molar-refractivity contribution in [3.63, 3.8) is 0 Å².